The molecule has 0 aliphatic heterocycles. The molecule has 0 bridgehead atoms. The van der Waals surface area contributed by atoms with E-state index in [-0.39, 0.29) is 59.1 Å². The zero-order valence-corrected chi connectivity index (χ0v) is 4.39. The van der Waals surface area contributed by atoms with E-state index < -0.39 is 8.56 Å². The van der Waals surface area contributed by atoms with Gasteiger partial charge in [-0.05, 0) is 13.1 Å². The molecule has 7 heavy (non-hydrogen) atoms. The second-order valence-corrected chi connectivity index (χ2v) is 4.48. The van der Waals surface area contributed by atoms with Gasteiger partial charge in [-0.25, -0.2) is 0 Å². The minimum atomic E-state index is -2.61. The molecular weight excluding hydrogens is 130 g/mol. The van der Waals surface area contributed by atoms with E-state index in [9.17, 15) is 0 Å². The molecule has 0 spiro atoms. The van der Waals surface area contributed by atoms with Crippen LogP contribution in [-0.4, -0.2) is 77.3 Å². The minimum absolute atomic E-state index is 0. The molecule has 0 rings (SSSR count). The average Bonchev–Trinajstić information content (AvgIpc) is 0.722. The molecule has 0 aromatic rings. The van der Waals surface area contributed by atoms with Crippen LogP contribution in [0.2, 0.25) is 13.1 Å². The van der Waals surface area contributed by atoms with Crippen LogP contribution < -0.4 is 0 Å². The van der Waals surface area contributed by atoms with Crippen LogP contribution in [0.4, 0.5) is 0 Å². The molecule has 0 radical (unpaired) electrons. The van der Waals surface area contributed by atoms with Gasteiger partial charge in [0.05, 0.1) is 0 Å². The van der Waals surface area contributed by atoms with Gasteiger partial charge in [-0.2, -0.15) is 0 Å². The maximum absolute atomic E-state index is 8.22. The number of hydrogen-bond donors (Lipinski definition) is 2. The molecule has 0 amide bonds. The fraction of sp³-hybridized carbons (Fsp3) is 1.00. The molecule has 0 aromatic heterocycles. The van der Waals surface area contributed by atoms with Crippen LogP contribution in [0.15, 0.2) is 0 Å². The molecule has 5 heteroatoms. The predicted octanol–water partition coefficient (Wildman–Crippen LogP) is -1.62. The summed E-state index contributed by atoms with van der Waals surface area (Å²) in [7, 11) is -2.61. The summed E-state index contributed by atoms with van der Waals surface area (Å²) in [6, 6.07) is 0. The summed E-state index contributed by atoms with van der Waals surface area (Å²) in [6.45, 7) is 2.88. The third-order valence-electron chi connectivity index (χ3n) is 0. The number of hydrogen-bond acceptors (Lipinski definition) is 2. The Bertz CT molecular complexity index is 29.2. The van der Waals surface area contributed by atoms with Crippen LogP contribution in [0.3, 0.4) is 0 Å². The molecule has 0 fully saturated rings. The maximum atomic E-state index is 8.22. The van der Waals surface area contributed by atoms with Gasteiger partial charge in [0.2, 0.25) is 0 Å². The van der Waals surface area contributed by atoms with E-state index in [1.54, 1.807) is 0 Å². The molecule has 0 aliphatic rings. The quantitative estimate of drug-likeness (QED) is 0.397. The van der Waals surface area contributed by atoms with Crippen LogP contribution in [0, 0.1) is 0 Å². The zero-order chi connectivity index (χ0) is 4.50. The Hall–Kier alpha value is 2.14. The fourth-order valence-electron chi connectivity index (χ4n) is 0. The molecule has 2 nitrogen and oxygen atoms in total. The average molecular weight is 140 g/mol. The first-order chi connectivity index (χ1) is 2.00. The summed E-state index contributed by atoms with van der Waals surface area (Å²) in [6.07, 6.45) is 0. The van der Waals surface area contributed by atoms with Gasteiger partial charge in [0.25, 0.3) is 0 Å². The Morgan fingerprint density at radius 3 is 1.00 bits per heavy atom. The Balaban J connectivity index is -0.0000000800. The predicted molar refractivity (Wildman–Crippen MR) is 36.2 cm³/mol. The van der Waals surface area contributed by atoms with Gasteiger partial charge in [-0.3, -0.25) is 0 Å². The first-order valence-electron chi connectivity index (χ1n) is 1.45. The molecule has 0 heterocycles. The van der Waals surface area contributed by atoms with Gasteiger partial charge in [-0.15, -0.1) is 0 Å². The Kier molecular flexibility index (Phi) is 14.4. The van der Waals surface area contributed by atoms with E-state index >= 15 is 0 Å². The topological polar surface area (TPSA) is 40.5 Å². The normalized spacial score (nSPS) is 8.57. The zero-order valence-electron chi connectivity index (χ0n) is 3.39. The van der Waals surface area contributed by atoms with E-state index in [1.165, 1.54) is 13.1 Å². The monoisotopic (exact) mass is 140 g/mol. The van der Waals surface area contributed by atoms with E-state index in [0.717, 1.165) is 0 Å². The van der Waals surface area contributed by atoms with Crippen molar-refractivity contribution in [3.8, 4) is 0 Å². The van der Waals surface area contributed by atoms with Crippen LogP contribution >= 0.6 is 0 Å². The second-order valence-electron chi connectivity index (χ2n) is 1.49. The van der Waals surface area contributed by atoms with Crippen molar-refractivity contribution in [1.82, 2.24) is 0 Å². The van der Waals surface area contributed by atoms with Crippen molar-refractivity contribution in [1.29, 1.82) is 0 Å². The van der Waals surface area contributed by atoms with Crippen molar-refractivity contribution >= 4 is 67.7 Å². The standard InChI is InChI=1S/C2H8O2Si.2Na.2H/c1-5(2,3)4;;;;/h3-4H,1-2H3;;;;. The van der Waals surface area contributed by atoms with Crippen LogP contribution in [-0.2, 0) is 0 Å². The molecule has 0 atom stereocenters. The van der Waals surface area contributed by atoms with Crippen LogP contribution in [0.1, 0.15) is 0 Å². The van der Waals surface area contributed by atoms with Crippen molar-refractivity contribution < 1.29 is 9.59 Å². The summed E-state index contributed by atoms with van der Waals surface area (Å²) in [4.78, 5) is 16.4. The Morgan fingerprint density at radius 2 is 1.00 bits per heavy atom. The molecule has 0 aromatic carbocycles. The van der Waals surface area contributed by atoms with Crippen LogP contribution in [0.5, 0.6) is 0 Å². The molecular formula is C2H10Na2O2Si. The second kappa shape index (κ2) is 6.26. The van der Waals surface area contributed by atoms with E-state index in [4.69, 9.17) is 9.59 Å². The van der Waals surface area contributed by atoms with Crippen LogP contribution in [0.25, 0.3) is 0 Å². The first kappa shape index (κ1) is 16.1. The first-order valence-corrected chi connectivity index (χ1v) is 4.34. The van der Waals surface area contributed by atoms with Crippen molar-refractivity contribution in [2.75, 3.05) is 0 Å². The molecule has 2 N–H and O–H groups in total. The van der Waals surface area contributed by atoms with Crippen molar-refractivity contribution in [3.05, 3.63) is 0 Å². The SMILES string of the molecule is C[Si](C)(O)O.[NaH].[NaH]. The van der Waals surface area contributed by atoms with Crippen molar-refractivity contribution in [2.45, 2.75) is 13.1 Å². The van der Waals surface area contributed by atoms with Gasteiger partial charge >= 0.3 is 67.7 Å². The van der Waals surface area contributed by atoms with Gasteiger partial charge in [-0.1, -0.05) is 0 Å². The van der Waals surface area contributed by atoms with Crippen molar-refractivity contribution in [2.24, 2.45) is 0 Å². The summed E-state index contributed by atoms with van der Waals surface area (Å²) in [5.74, 6) is 0. The van der Waals surface area contributed by atoms with E-state index in [1.807, 2.05) is 0 Å². The summed E-state index contributed by atoms with van der Waals surface area (Å²) < 4.78 is 0. The third kappa shape index (κ3) is 67.1. The van der Waals surface area contributed by atoms with Gasteiger partial charge in [0.15, 0.2) is 0 Å². The Morgan fingerprint density at radius 1 is 1.00 bits per heavy atom. The summed E-state index contributed by atoms with van der Waals surface area (Å²) in [5, 5.41) is 0. The summed E-state index contributed by atoms with van der Waals surface area (Å²) >= 11 is 0. The molecule has 0 aliphatic carbocycles. The fourth-order valence-corrected chi connectivity index (χ4v) is 0. The van der Waals surface area contributed by atoms with Gasteiger partial charge in [0, 0.05) is 0 Å². The molecule has 0 saturated carbocycles. The molecule has 0 unspecified atom stereocenters. The summed E-state index contributed by atoms with van der Waals surface area (Å²) in [5.41, 5.74) is 0. The Labute approximate surface area is 89.1 Å². The third-order valence-corrected chi connectivity index (χ3v) is 0. The van der Waals surface area contributed by atoms with E-state index in [2.05, 4.69) is 0 Å². The van der Waals surface area contributed by atoms with Crippen molar-refractivity contribution in [3.63, 3.8) is 0 Å². The number of rotatable bonds is 0. The van der Waals surface area contributed by atoms with Gasteiger partial charge in [0.1, 0.15) is 0 Å². The molecule has 36 valence electrons. The van der Waals surface area contributed by atoms with E-state index in [0.29, 0.717) is 0 Å². The van der Waals surface area contributed by atoms with Gasteiger partial charge < -0.3 is 9.59 Å². The molecule has 0 saturated heterocycles.